The summed E-state index contributed by atoms with van der Waals surface area (Å²) in [5.41, 5.74) is 3.03. The molecule has 1 aliphatic rings. The van der Waals surface area contributed by atoms with E-state index >= 15 is 0 Å². The second-order valence-corrected chi connectivity index (χ2v) is 8.38. The molecule has 7 heteroatoms. The Hall–Kier alpha value is -2.15. The molecular weight excluding hydrogens is 352 g/mol. The molecule has 3 rings (SSSR count). The average molecular weight is 387 g/mol. The summed E-state index contributed by atoms with van der Waals surface area (Å²) in [5.74, 6) is 1.12. The van der Waals surface area contributed by atoms with Gasteiger partial charge in [-0.1, -0.05) is 0 Å². The van der Waals surface area contributed by atoms with Crippen molar-refractivity contribution in [2.24, 2.45) is 13.0 Å². The van der Waals surface area contributed by atoms with Gasteiger partial charge in [0, 0.05) is 45.8 Å². The smallest absolute Gasteiger partial charge is 0.274 e. The summed E-state index contributed by atoms with van der Waals surface area (Å²) in [6.45, 7) is 4.53. The normalized spacial score (nSPS) is 19.9. The molecule has 2 heterocycles. The Morgan fingerprint density at radius 2 is 1.89 bits per heavy atom. The predicted octanol–water partition coefficient (Wildman–Crippen LogP) is 2.74. The Morgan fingerprint density at radius 1 is 1.18 bits per heavy atom. The summed E-state index contributed by atoms with van der Waals surface area (Å²) in [6, 6.07) is 4.08. The van der Waals surface area contributed by atoms with Gasteiger partial charge in [0.15, 0.2) is 0 Å². The topological polar surface area (TPSA) is 59.2 Å². The van der Waals surface area contributed by atoms with Crippen LogP contribution in [0.1, 0.15) is 60.4 Å². The first-order valence-electron chi connectivity index (χ1n) is 10.3. The third-order valence-electron chi connectivity index (χ3n) is 5.80. The molecule has 2 aromatic heterocycles. The van der Waals surface area contributed by atoms with E-state index in [-0.39, 0.29) is 5.91 Å². The molecule has 1 fully saturated rings. The maximum Gasteiger partial charge on any atom is 0.274 e. The van der Waals surface area contributed by atoms with Crippen molar-refractivity contribution in [3.63, 3.8) is 0 Å². The van der Waals surface area contributed by atoms with Crippen LogP contribution >= 0.6 is 0 Å². The van der Waals surface area contributed by atoms with Crippen molar-refractivity contribution in [2.75, 3.05) is 27.7 Å². The zero-order valence-corrected chi connectivity index (χ0v) is 17.9. The third-order valence-corrected chi connectivity index (χ3v) is 5.80. The van der Waals surface area contributed by atoms with E-state index in [9.17, 15) is 4.79 Å². The van der Waals surface area contributed by atoms with Crippen molar-refractivity contribution in [3.05, 3.63) is 35.4 Å². The first-order chi connectivity index (χ1) is 13.4. The Balaban J connectivity index is 1.52. The number of carbonyl (C=O) groups excluding carboxylic acids is 1. The van der Waals surface area contributed by atoms with Gasteiger partial charge in [0.2, 0.25) is 0 Å². The molecule has 0 aromatic carbocycles. The highest BCUT2D eigenvalue weighted by molar-refractivity contribution is 5.92. The molecule has 0 N–H and O–H groups in total. The maximum absolute atomic E-state index is 12.6. The number of aryl methyl sites for hydroxylation is 2. The van der Waals surface area contributed by atoms with E-state index in [1.54, 1.807) is 4.68 Å². The highest BCUT2D eigenvalue weighted by atomic mass is 16.2. The molecule has 1 amide bonds. The van der Waals surface area contributed by atoms with Gasteiger partial charge in [0.1, 0.15) is 5.69 Å². The molecule has 28 heavy (non-hydrogen) atoms. The van der Waals surface area contributed by atoms with Crippen LogP contribution in [0.4, 0.5) is 0 Å². The molecule has 0 aliphatic heterocycles. The van der Waals surface area contributed by atoms with Gasteiger partial charge in [-0.05, 0) is 64.8 Å². The molecule has 0 atom stereocenters. The molecule has 0 radical (unpaired) electrons. The number of hydrogen-bond donors (Lipinski definition) is 0. The maximum atomic E-state index is 12.6. The quantitative estimate of drug-likeness (QED) is 0.734. The van der Waals surface area contributed by atoms with Crippen molar-refractivity contribution in [3.8, 4) is 0 Å². The van der Waals surface area contributed by atoms with Crippen molar-refractivity contribution in [1.29, 1.82) is 0 Å². The van der Waals surface area contributed by atoms with Gasteiger partial charge in [-0.2, -0.15) is 10.2 Å². The second kappa shape index (κ2) is 8.90. The van der Waals surface area contributed by atoms with Gasteiger partial charge in [0.05, 0.1) is 11.4 Å². The number of rotatable bonds is 7. The molecule has 7 nitrogen and oxygen atoms in total. The zero-order valence-electron chi connectivity index (χ0n) is 17.9. The summed E-state index contributed by atoms with van der Waals surface area (Å²) in [6.07, 6.45) is 6.45. The minimum Gasteiger partial charge on any atom is -0.340 e. The minimum absolute atomic E-state index is 0.0207. The Bertz CT molecular complexity index is 785. The largest absolute Gasteiger partial charge is 0.340 e. The molecule has 2 aromatic rings. The van der Waals surface area contributed by atoms with Gasteiger partial charge in [-0.25, -0.2) is 0 Å². The van der Waals surface area contributed by atoms with E-state index in [4.69, 9.17) is 5.10 Å². The van der Waals surface area contributed by atoms with Gasteiger partial charge < -0.3 is 9.80 Å². The number of hydrogen-bond acceptors (Lipinski definition) is 4. The first kappa shape index (κ1) is 20.6. The van der Waals surface area contributed by atoms with Crippen molar-refractivity contribution < 1.29 is 4.79 Å². The molecule has 0 saturated heterocycles. The van der Waals surface area contributed by atoms with Gasteiger partial charge in [0.25, 0.3) is 5.91 Å². The van der Waals surface area contributed by atoms with Crippen molar-refractivity contribution in [2.45, 2.75) is 51.6 Å². The molecule has 0 unspecified atom stereocenters. The lowest BCUT2D eigenvalue weighted by molar-refractivity contribution is 0.0751. The monoisotopic (exact) mass is 386 g/mol. The van der Waals surface area contributed by atoms with Gasteiger partial charge >= 0.3 is 0 Å². The van der Waals surface area contributed by atoms with E-state index in [1.165, 1.54) is 11.4 Å². The SMILES string of the molecule is CCn1ccc(C(=O)N(C)CC2CCC(c3cc(CN(C)C)n(C)n3)CC2)n1. The third kappa shape index (κ3) is 4.82. The van der Waals surface area contributed by atoms with E-state index in [0.29, 0.717) is 17.5 Å². The fourth-order valence-corrected chi connectivity index (χ4v) is 4.16. The highest BCUT2D eigenvalue weighted by Gasteiger charge is 2.27. The Labute approximate surface area is 168 Å². The first-order valence-corrected chi connectivity index (χ1v) is 10.3. The lowest BCUT2D eigenvalue weighted by Crippen LogP contribution is -2.33. The van der Waals surface area contributed by atoms with E-state index in [1.807, 2.05) is 42.9 Å². The van der Waals surface area contributed by atoms with Crippen molar-refractivity contribution >= 4 is 5.91 Å². The fraction of sp³-hybridized carbons (Fsp3) is 0.667. The highest BCUT2D eigenvalue weighted by Crippen LogP contribution is 2.35. The molecule has 154 valence electrons. The molecule has 1 saturated carbocycles. The predicted molar refractivity (Wildman–Crippen MR) is 110 cm³/mol. The van der Waals surface area contributed by atoms with Crippen LogP contribution < -0.4 is 0 Å². The van der Waals surface area contributed by atoms with Gasteiger partial charge in [-0.3, -0.25) is 14.2 Å². The van der Waals surface area contributed by atoms with Crippen LogP contribution in [-0.4, -0.2) is 63.0 Å². The second-order valence-electron chi connectivity index (χ2n) is 8.38. The van der Waals surface area contributed by atoms with E-state index < -0.39 is 0 Å². The summed E-state index contributed by atoms with van der Waals surface area (Å²) < 4.78 is 3.81. The summed E-state index contributed by atoms with van der Waals surface area (Å²) in [5, 5.41) is 9.10. The number of carbonyl (C=O) groups is 1. The van der Waals surface area contributed by atoms with Crippen LogP contribution in [0, 0.1) is 5.92 Å². The van der Waals surface area contributed by atoms with Crippen LogP contribution in [0.15, 0.2) is 18.3 Å². The molecular formula is C21H34N6O. The van der Waals surface area contributed by atoms with Gasteiger partial charge in [-0.15, -0.1) is 0 Å². The number of aromatic nitrogens is 4. The summed E-state index contributed by atoms with van der Waals surface area (Å²) in [4.78, 5) is 16.6. The van der Waals surface area contributed by atoms with Crippen LogP contribution in [0.5, 0.6) is 0 Å². The number of nitrogens with zero attached hydrogens (tertiary/aromatic N) is 6. The summed E-state index contributed by atoms with van der Waals surface area (Å²) in [7, 11) is 8.10. The zero-order chi connectivity index (χ0) is 20.3. The van der Waals surface area contributed by atoms with Crippen LogP contribution in [0.25, 0.3) is 0 Å². The standard InChI is InChI=1S/C21H34N6O/c1-6-27-12-11-19(23-27)21(28)25(4)14-16-7-9-17(10-8-16)20-13-18(15-24(2)3)26(5)22-20/h11-13,16-17H,6-10,14-15H2,1-5H3. The molecule has 0 bridgehead atoms. The van der Waals surface area contributed by atoms with Crippen LogP contribution in [0.2, 0.25) is 0 Å². The van der Waals surface area contributed by atoms with E-state index in [0.717, 1.165) is 45.3 Å². The minimum atomic E-state index is 0.0207. The lowest BCUT2D eigenvalue weighted by atomic mass is 9.80. The Kier molecular flexibility index (Phi) is 6.54. The van der Waals surface area contributed by atoms with Crippen molar-refractivity contribution in [1.82, 2.24) is 29.4 Å². The lowest BCUT2D eigenvalue weighted by Gasteiger charge is -2.30. The number of amides is 1. The van der Waals surface area contributed by atoms with E-state index in [2.05, 4.69) is 30.2 Å². The van der Waals surface area contributed by atoms with Crippen LogP contribution in [-0.2, 0) is 20.1 Å². The molecule has 0 spiro atoms. The fourth-order valence-electron chi connectivity index (χ4n) is 4.16. The Morgan fingerprint density at radius 3 is 2.50 bits per heavy atom. The average Bonchev–Trinajstić information content (AvgIpc) is 3.28. The van der Waals surface area contributed by atoms with Crippen LogP contribution in [0.3, 0.4) is 0 Å². The molecule has 1 aliphatic carbocycles. The summed E-state index contributed by atoms with van der Waals surface area (Å²) >= 11 is 0.